The van der Waals surface area contributed by atoms with Gasteiger partial charge in [-0.05, 0) is 61.8 Å². The zero-order chi connectivity index (χ0) is 54.0. The van der Waals surface area contributed by atoms with Gasteiger partial charge >= 0.3 is 30.8 Å². The van der Waals surface area contributed by atoms with Crippen LogP contribution in [0.2, 0.25) is 0 Å². The van der Waals surface area contributed by atoms with E-state index in [1.807, 2.05) is 30.0 Å². The number of piperidine rings is 2. The quantitative estimate of drug-likeness (QED) is 0.205. The molecule has 6 rings (SSSR count). The summed E-state index contributed by atoms with van der Waals surface area (Å²) in [6.45, 7) is 13.3. The first-order valence-corrected chi connectivity index (χ1v) is 26.6. The van der Waals surface area contributed by atoms with Crippen molar-refractivity contribution in [3.8, 4) is 0 Å². The monoisotopic (exact) mass is 1090 g/mol. The smallest absolute Gasteiger partial charge is 0.426 e. The van der Waals surface area contributed by atoms with E-state index in [1.54, 1.807) is 0 Å². The molecule has 4 aliphatic heterocycles. The van der Waals surface area contributed by atoms with E-state index in [9.17, 15) is 74.3 Å². The highest BCUT2D eigenvalue weighted by molar-refractivity contribution is 7.89. The highest BCUT2D eigenvalue weighted by Gasteiger charge is 2.60. The fourth-order valence-electron chi connectivity index (χ4n) is 8.77. The number of rotatable bonds is 11. The molecule has 0 radical (unpaired) electrons. The summed E-state index contributed by atoms with van der Waals surface area (Å²) in [5.74, 6) is 0. The molecule has 4 aliphatic rings. The van der Waals surface area contributed by atoms with E-state index >= 15 is 0 Å². The molecule has 412 valence electrons. The van der Waals surface area contributed by atoms with Gasteiger partial charge in [0.2, 0.25) is 26.2 Å². The fraction of sp³-hybridized carbons (Fsp3) is 0.698. The summed E-state index contributed by atoms with van der Waals surface area (Å²) in [6, 6.07) is 12.3. The van der Waals surface area contributed by atoms with Gasteiger partial charge in [-0.25, -0.2) is 31.1 Å². The largest absolute Gasteiger partial charge is 0.434 e. The maximum absolute atomic E-state index is 12.7. The van der Waals surface area contributed by atoms with E-state index in [1.165, 1.54) is 23.1 Å². The third-order valence-electron chi connectivity index (χ3n) is 12.1. The first-order chi connectivity index (χ1) is 33.1. The van der Waals surface area contributed by atoms with Crippen LogP contribution < -0.4 is 24.6 Å². The number of carbonyl (C=O) groups is 1. The second kappa shape index (κ2) is 25.1. The number of piperazine rings is 2. The standard InChI is InChI=1S/C22H30F6N4O4S.C18H30N4O2S.C3H2F6O/c1-15-4-3-5-16(18(15)31-8-6-17(7-9-31)29-37(2,34)35)14-30-10-12-32(13-11-30)20(33)36-19(21(23,24)25)22(26,27)28;1-15-4-3-5-16(14-21-12-8-19-9-13-21)18(15)22-10-6-17(7-11-22)20-25(2,23)24;4-2(5,6)1(10)3(7,8)9/h3-5,17,19,29H,6-14H2,1-2H3;3-5,17,19-20H,6-14H2,1-2H3;1,10H. The molecular formula is C43H62F12N8O7S2. The predicted octanol–water partition coefficient (Wildman–Crippen LogP) is 5.65. The van der Waals surface area contributed by atoms with Crippen LogP contribution in [0.4, 0.5) is 68.9 Å². The minimum atomic E-state index is -5.76. The molecule has 0 spiro atoms. The second-order valence-corrected chi connectivity index (χ2v) is 21.7. The zero-order valence-corrected chi connectivity index (χ0v) is 41.6. The molecule has 1 amide bonds. The van der Waals surface area contributed by atoms with Crippen molar-refractivity contribution in [1.82, 2.24) is 29.5 Å². The molecule has 4 saturated heterocycles. The topological polar surface area (TPSA) is 167 Å². The van der Waals surface area contributed by atoms with Crippen LogP contribution >= 0.6 is 0 Å². The van der Waals surface area contributed by atoms with Crippen molar-refractivity contribution in [3.05, 3.63) is 58.7 Å². The number of aliphatic hydroxyl groups is 1. The maximum atomic E-state index is 12.7. The lowest BCUT2D eigenvalue weighted by atomic mass is 10.0. The second-order valence-electron chi connectivity index (χ2n) is 18.1. The Kier molecular flexibility index (Phi) is 21.2. The fourth-order valence-corrected chi connectivity index (χ4v) is 10.4. The molecule has 72 heavy (non-hydrogen) atoms. The number of benzene rings is 2. The Morgan fingerprint density at radius 3 is 1.29 bits per heavy atom. The number of amides is 1. The number of anilines is 2. The first-order valence-electron chi connectivity index (χ1n) is 22.8. The number of nitrogens with zero attached hydrogens (tertiary/aromatic N) is 5. The van der Waals surface area contributed by atoms with Crippen LogP contribution in [0, 0.1) is 13.8 Å². The number of nitrogens with one attached hydrogen (secondary N) is 3. The zero-order valence-electron chi connectivity index (χ0n) is 40.0. The highest BCUT2D eigenvalue weighted by atomic mass is 32.2. The van der Waals surface area contributed by atoms with E-state index in [0.29, 0.717) is 32.5 Å². The van der Waals surface area contributed by atoms with Crippen molar-refractivity contribution >= 4 is 37.5 Å². The summed E-state index contributed by atoms with van der Waals surface area (Å²) in [7, 11) is -6.42. The van der Waals surface area contributed by atoms with E-state index in [4.69, 9.17) is 5.11 Å². The van der Waals surface area contributed by atoms with Gasteiger partial charge in [0.05, 0.1) is 12.5 Å². The SMILES string of the molecule is Cc1cccc(CN2CCN(C(=O)OC(C(F)(F)F)C(F)(F)F)CC2)c1N1CCC(NS(C)(=O)=O)CC1.Cc1cccc(CN2CCNCC2)c1N1CCC(NS(C)(=O)=O)CC1.OC(C(F)(F)F)C(F)(F)F. The lowest BCUT2D eigenvalue weighted by Gasteiger charge is -2.38. The van der Waals surface area contributed by atoms with Crippen LogP contribution in [0.15, 0.2) is 36.4 Å². The number of hydrogen-bond acceptors (Lipinski definition) is 12. The molecule has 15 nitrogen and oxygen atoms in total. The number of halogens is 12. The lowest BCUT2D eigenvalue weighted by molar-refractivity contribution is -0.309. The van der Waals surface area contributed by atoms with Crippen LogP contribution in [-0.4, -0.2) is 183 Å². The van der Waals surface area contributed by atoms with Gasteiger partial charge in [0.25, 0.3) is 6.10 Å². The summed E-state index contributed by atoms with van der Waals surface area (Å²) in [6.07, 6.45) is -27.5. The lowest BCUT2D eigenvalue weighted by Crippen LogP contribution is -2.52. The van der Waals surface area contributed by atoms with Gasteiger partial charge in [0.1, 0.15) is 0 Å². The number of aliphatic hydroxyl groups excluding tert-OH is 1. The van der Waals surface area contributed by atoms with Gasteiger partial charge < -0.3 is 29.9 Å². The maximum Gasteiger partial charge on any atom is 0.434 e. The minimum Gasteiger partial charge on any atom is -0.426 e. The molecule has 0 unspecified atom stereocenters. The molecule has 0 aliphatic carbocycles. The summed E-state index contributed by atoms with van der Waals surface area (Å²) in [5.41, 5.74) is 7.07. The van der Waals surface area contributed by atoms with E-state index < -0.39 is 63.1 Å². The molecular weight excluding hydrogens is 1030 g/mol. The van der Waals surface area contributed by atoms with Crippen molar-refractivity contribution < 1.29 is 84.2 Å². The van der Waals surface area contributed by atoms with Gasteiger partial charge in [0.15, 0.2) is 0 Å². The van der Waals surface area contributed by atoms with Crippen LogP contribution in [-0.2, 0) is 37.9 Å². The van der Waals surface area contributed by atoms with Gasteiger partial charge in [-0.15, -0.1) is 0 Å². The van der Waals surface area contributed by atoms with Gasteiger partial charge in [-0.3, -0.25) is 9.80 Å². The Bertz CT molecular complexity index is 2250. The Labute approximate surface area is 411 Å². The molecule has 2 aromatic rings. The van der Waals surface area contributed by atoms with Crippen LogP contribution in [0.1, 0.15) is 47.9 Å². The molecule has 4 heterocycles. The third kappa shape index (κ3) is 19.4. The van der Waals surface area contributed by atoms with Crippen molar-refractivity contribution in [2.45, 2.75) is 102 Å². The summed E-state index contributed by atoms with van der Waals surface area (Å²) in [4.78, 5) is 22.0. The Balaban J connectivity index is 0.000000275. The number of sulfonamides is 2. The number of ether oxygens (including phenoxy) is 1. The number of aryl methyl sites for hydroxylation is 2. The van der Waals surface area contributed by atoms with E-state index in [0.717, 1.165) is 86.6 Å². The van der Waals surface area contributed by atoms with Crippen LogP contribution in [0.5, 0.6) is 0 Å². The number of alkyl halides is 12. The molecule has 4 N–H and O–H groups in total. The Hall–Kier alpha value is -3.87. The van der Waals surface area contributed by atoms with Crippen molar-refractivity contribution in [1.29, 1.82) is 0 Å². The summed E-state index contributed by atoms with van der Waals surface area (Å²) < 4.78 is 197. The van der Waals surface area contributed by atoms with Gasteiger partial charge in [-0.2, -0.15) is 52.7 Å². The number of carbonyl (C=O) groups excluding carboxylic acids is 1. The van der Waals surface area contributed by atoms with Crippen LogP contribution in [0.3, 0.4) is 0 Å². The molecule has 2 aromatic carbocycles. The first kappa shape index (κ1) is 60.7. The van der Waals surface area contributed by atoms with Gasteiger partial charge in [0, 0.05) is 115 Å². The average molecular weight is 1100 g/mol. The van der Waals surface area contributed by atoms with E-state index in [2.05, 4.69) is 59.3 Å². The number of para-hydroxylation sites is 2. The summed E-state index contributed by atoms with van der Waals surface area (Å²) >= 11 is 0. The van der Waals surface area contributed by atoms with Crippen molar-refractivity contribution in [2.24, 2.45) is 0 Å². The summed E-state index contributed by atoms with van der Waals surface area (Å²) in [5, 5.41) is 10.9. The highest BCUT2D eigenvalue weighted by Crippen LogP contribution is 2.37. The molecule has 0 aromatic heterocycles. The normalized spacial score (nSPS) is 19.0. The predicted molar refractivity (Wildman–Crippen MR) is 244 cm³/mol. The molecule has 0 bridgehead atoms. The third-order valence-corrected chi connectivity index (χ3v) is 13.6. The molecule has 4 fully saturated rings. The molecule has 29 heteroatoms. The van der Waals surface area contributed by atoms with Crippen molar-refractivity contribution in [3.63, 3.8) is 0 Å². The van der Waals surface area contributed by atoms with Crippen LogP contribution in [0.25, 0.3) is 0 Å². The minimum absolute atomic E-state index is 0.0619. The molecule has 0 atom stereocenters. The Morgan fingerprint density at radius 1 is 0.611 bits per heavy atom. The average Bonchev–Trinajstić information content (AvgIpc) is 3.25. The van der Waals surface area contributed by atoms with E-state index in [-0.39, 0.29) is 38.3 Å². The van der Waals surface area contributed by atoms with Gasteiger partial charge in [-0.1, -0.05) is 36.4 Å². The Morgan fingerprint density at radius 2 is 0.972 bits per heavy atom. The molecule has 0 saturated carbocycles. The van der Waals surface area contributed by atoms with Crippen molar-refractivity contribution in [2.75, 3.05) is 101 Å². The number of hydrogen-bond donors (Lipinski definition) is 4.